The summed E-state index contributed by atoms with van der Waals surface area (Å²) < 4.78 is 10.9. The molecule has 1 aliphatic rings. The molecule has 0 radical (unpaired) electrons. The molecule has 0 saturated carbocycles. The van der Waals surface area contributed by atoms with E-state index in [0.29, 0.717) is 11.7 Å². The molecule has 0 unspecified atom stereocenters. The van der Waals surface area contributed by atoms with E-state index in [2.05, 4.69) is 20.7 Å². The van der Waals surface area contributed by atoms with Gasteiger partial charge in [-0.15, -0.1) is 0 Å². The summed E-state index contributed by atoms with van der Waals surface area (Å²) in [6.45, 7) is 7.90. The molecular formula is C16H24N4O2S. The molecule has 7 heteroatoms. The molecule has 0 aliphatic carbocycles. The summed E-state index contributed by atoms with van der Waals surface area (Å²) >= 11 is 5.21. The van der Waals surface area contributed by atoms with Crippen LogP contribution in [-0.4, -0.2) is 62.2 Å². The molecule has 6 nitrogen and oxygen atoms in total. The van der Waals surface area contributed by atoms with Gasteiger partial charge in [0.15, 0.2) is 5.11 Å². The highest BCUT2D eigenvalue weighted by atomic mass is 32.1. The van der Waals surface area contributed by atoms with Crippen LogP contribution in [0.3, 0.4) is 0 Å². The SMILES string of the molecule is CCOc1ccccc1/C=N\NC(=S)NCCN1CCOCC1. The first-order valence-corrected chi connectivity index (χ1v) is 8.29. The van der Waals surface area contributed by atoms with E-state index in [4.69, 9.17) is 21.7 Å². The van der Waals surface area contributed by atoms with Gasteiger partial charge in [0.25, 0.3) is 0 Å². The minimum atomic E-state index is 0.517. The van der Waals surface area contributed by atoms with E-state index >= 15 is 0 Å². The highest BCUT2D eigenvalue weighted by Crippen LogP contribution is 2.15. The van der Waals surface area contributed by atoms with Gasteiger partial charge < -0.3 is 14.8 Å². The second-order valence-electron chi connectivity index (χ2n) is 5.05. The van der Waals surface area contributed by atoms with Gasteiger partial charge in [0.2, 0.25) is 0 Å². The van der Waals surface area contributed by atoms with Gasteiger partial charge in [-0.1, -0.05) is 12.1 Å². The predicted octanol–water partition coefficient (Wildman–Crippen LogP) is 1.22. The van der Waals surface area contributed by atoms with Crippen molar-refractivity contribution in [1.82, 2.24) is 15.6 Å². The monoisotopic (exact) mass is 336 g/mol. The number of benzene rings is 1. The Morgan fingerprint density at radius 2 is 2.17 bits per heavy atom. The standard InChI is InChI=1S/C16H24N4O2S/c1-2-22-15-6-4-3-5-14(15)13-18-19-16(23)17-7-8-20-9-11-21-12-10-20/h3-6,13H,2,7-12H2,1H3,(H2,17,19,23)/b18-13-. The summed E-state index contributed by atoms with van der Waals surface area (Å²) in [6.07, 6.45) is 1.71. The van der Waals surface area contributed by atoms with Crippen molar-refractivity contribution < 1.29 is 9.47 Å². The zero-order chi connectivity index (χ0) is 16.3. The number of hydrogen-bond acceptors (Lipinski definition) is 5. The lowest BCUT2D eigenvalue weighted by atomic mass is 10.2. The average Bonchev–Trinajstić information content (AvgIpc) is 2.58. The molecule has 1 heterocycles. The third-order valence-corrected chi connectivity index (χ3v) is 3.64. The molecule has 23 heavy (non-hydrogen) atoms. The van der Waals surface area contributed by atoms with Crippen LogP contribution in [-0.2, 0) is 4.74 Å². The summed E-state index contributed by atoms with van der Waals surface area (Å²) in [4.78, 5) is 2.35. The first-order valence-electron chi connectivity index (χ1n) is 7.88. The van der Waals surface area contributed by atoms with Gasteiger partial charge in [-0.3, -0.25) is 10.3 Å². The maximum atomic E-state index is 5.54. The van der Waals surface area contributed by atoms with Crippen LogP contribution in [0.25, 0.3) is 0 Å². The second-order valence-corrected chi connectivity index (χ2v) is 5.46. The summed E-state index contributed by atoms with van der Waals surface area (Å²) in [5.74, 6) is 0.812. The molecule has 2 rings (SSSR count). The minimum absolute atomic E-state index is 0.517. The summed E-state index contributed by atoms with van der Waals surface area (Å²) in [7, 11) is 0. The molecule has 126 valence electrons. The van der Waals surface area contributed by atoms with Crippen molar-refractivity contribution in [1.29, 1.82) is 0 Å². The van der Waals surface area contributed by atoms with E-state index in [1.807, 2.05) is 31.2 Å². The zero-order valence-electron chi connectivity index (χ0n) is 13.5. The zero-order valence-corrected chi connectivity index (χ0v) is 14.3. The fraction of sp³-hybridized carbons (Fsp3) is 0.500. The third kappa shape index (κ3) is 6.52. The molecule has 1 aromatic rings. The van der Waals surface area contributed by atoms with Crippen LogP contribution in [0.2, 0.25) is 0 Å². The van der Waals surface area contributed by atoms with Gasteiger partial charge in [-0.2, -0.15) is 5.10 Å². The van der Waals surface area contributed by atoms with Crippen LogP contribution in [0.4, 0.5) is 0 Å². The van der Waals surface area contributed by atoms with E-state index in [-0.39, 0.29) is 0 Å². The van der Waals surface area contributed by atoms with E-state index in [1.165, 1.54) is 0 Å². The van der Waals surface area contributed by atoms with Gasteiger partial charge in [-0.25, -0.2) is 0 Å². The number of nitrogens with one attached hydrogen (secondary N) is 2. The Morgan fingerprint density at radius 3 is 2.96 bits per heavy atom. The van der Waals surface area contributed by atoms with E-state index < -0.39 is 0 Å². The Morgan fingerprint density at radius 1 is 1.39 bits per heavy atom. The third-order valence-electron chi connectivity index (χ3n) is 3.41. The van der Waals surface area contributed by atoms with Gasteiger partial charge in [0, 0.05) is 31.7 Å². The molecule has 1 aromatic carbocycles. The number of ether oxygens (including phenoxy) is 2. The largest absolute Gasteiger partial charge is 0.493 e. The van der Waals surface area contributed by atoms with Crippen molar-refractivity contribution in [3.63, 3.8) is 0 Å². The normalized spacial score (nSPS) is 15.5. The van der Waals surface area contributed by atoms with Crippen LogP contribution in [0.5, 0.6) is 5.75 Å². The Hall–Kier alpha value is -1.70. The van der Waals surface area contributed by atoms with Crippen LogP contribution < -0.4 is 15.5 Å². The molecule has 0 aromatic heterocycles. The van der Waals surface area contributed by atoms with E-state index in [9.17, 15) is 0 Å². The fourth-order valence-electron chi connectivity index (χ4n) is 2.23. The molecule has 0 spiro atoms. The quantitative estimate of drug-likeness (QED) is 0.444. The predicted molar refractivity (Wildman–Crippen MR) is 96.2 cm³/mol. The Balaban J connectivity index is 1.69. The number of nitrogens with zero attached hydrogens (tertiary/aromatic N) is 2. The number of rotatable bonds is 7. The number of para-hydroxylation sites is 1. The first-order chi connectivity index (χ1) is 11.3. The maximum Gasteiger partial charge on any atom is 0.187 e. The highest BCUT2D eigenvalue weighted by molar-refractivity contribution is 7.80. The van der Waals surface area contributed by atoms with Crippen LogP contribution in [0.1, 0.15) is 12.5 Å². The smallest absolute Gasteiger partial charge is 0.187 e. The molecular weight excluding hydrogens is 312 g/mol. The van der Waals surface area contributed by atoms with Crippen molar-refractivity contribution >= 4 is 23.5 Å². The van der Waals surface area contributed by atoms with Crippen LogP contribution in [0, 0.1) is 0 Å². The number of morpholine rings is 1. The second kappa shape index (κ2) is 10.1. The molecule has 0 amide bonds. The van der Waals surface area contributed by atoms with Gasteiger partial charge in [-0.05, 0) is 31.3 Å². The Kier molecular flexibility index (Phi) is 7.79. The fourth-order valence-corrected chi connectivity index (χ4v) is 2.38. The number of hydrazone groups is 1. The molecule has 1 fully saturated rings. The number of thiocarbonyl (C=S) groups is 1. The lowest BCUT2D eigenvalue weighted by Gasteiger charge is -2.26. The van der Waals surface area contributed by atoms with Crippen molar-refractivity contribution in [3.05, 3.63) is 29.8 Å². The Labute approximate surface area is 142 Å². The molecule has 2 N–H and O–H groups in total. The molecule has 1 aliphatic heterocycles. The lowest BCUT2D eigenvalue weighted by molar-refractivity contribution is 0.0389. The average molecular weight is 336 g/mol. The van der Waals surface area contributed by atoms with E-state index in [1.54, 1.807) is 6.21 Å². The van der Waals surface area contributed by atoms with Crippen molar-refractivity contribution in [3.8, 4) is 5.75 Å². The number of hydrogen-bond donors (Lipinski definition) is 2. The van der Waals surface area contributed by atoms with Gasteiger partial charge in [0.05, 0.1) is 26.0 Å². The minimum Gasteiger partial charge on any atom is -0.493 e. The van der Waals surface area contributed by atoms with Crippen molar-refractivity contribution in [2.45, 2.75) is 6.92 Å². The first kappa shape index (κ1) is 17.7. The van der Waals surface area contributed by atoms with Crippen molar-refractivity contribution in [2.75, 3.05) is 46.0 Å². The summed E-state index contributed by atoms with van der Waals surface area (Å²) in [6, 6.07) is 7.76. The van der Waals surface area contributed by atoms with Gasteiger partial charge in [0.1, 0.15) is 5.75 Å². The van der Waals surface area contributed by atoms with Gasteiger partial charge >= 0.3 is 0 Å². The lowest BCUT2D eigenvalue weighted by Crippen LogP contribution is -2.42. The van der Waals surface area contributed by atoms with Crippen LogP contribution in [0.15, 0.2) is 29.4 Å². The van der Waals surface area contributed by atoms with E-state index in [0.717, 1.165) is 50.7 Å². The van der Waals surface area contributed by atoms with Crippen LogP contribution >= 0.6 is 12.2 Å². The van der Waals surface area contributed by atoms with Crippen molar-refractivity contribution in [2.24, 2.45) is 5.10 Å². The molecule has 0 bridgehead atoms. The Bertz CT molecular complexity index is 519. The summed E-state index contributed by atoms with van der Waals surface area (Å²) in [5.41, 5.74) is 3.74. The molecule has 0 atom stereocenters. The maximum absolute atomic E-state index is 5.54. The molecule has 1 saturated heterocycles. The topological polar surface area (TPSA) is 58.1 Å². The summed E-state index contributed by atoms with van der Waals surface area (Å²) in [5, 5.41) is 7.82. The highest BCUT2D eigenvalue weighted by Gasteiger charge is 2.09.